The van der Waals surface area contributed by atoms with E-state index in [4.69, 9.17) is 0 Å². The third-order valence-corrected chi connectivity index (χ3v) is 4.75. The van der Waals surface area contributed by atoms with Gasteiger partial charge in [0.2, 0.25) is 0 Å². The highest BCUT2D eigenvalue weighted by Gasteiger charge is 2.27. The molecule has 0 saturated carbocycles. The zero-order valence-electron chi connectivity index (χ0n) is 12.9. The Labute approximate surface area is 127 Å². The van der Waals surface area contributed by atoms with E-state index in [1.807, 2.05) is 27.7 Å². The van der Waals surface area contributed by atoms with E-state index >= 15 is 0 Å². The van der Waals surface area contributed by atoms with Crippen molar-refractivity contribution in [1.29, 1.82) is 0 Å². The molecule has 5 nitrogen and oxygen atoms in total. The molecule has 0 atom stereocenters. The van der Waals surface area contributed by atoms with Crippen LogP contribution in [0.4, 0.5) is 0 Å². The Balaban J connectivity index is 2.25. The van der Waals surface area contributed by atoms with Crippen LogP contribution in [0, 0.1) is 13.8 Å². The Morgan fingerprint density at radius 1 is 1.38 bits per heavy atom. The lowest BCUT2D eigenvalue weighted by Crippen LogP contribution is -2.41. The Hall–Kier alpha value is -1.95. The maximum atomic E-state index is 12.3. The number of hydrogen-bond acceptors (Lipinski definition) is 4. The first-order valence-electron chi connectivity index (χ1n) is 6.64. The van der Waals surface area contributed by atoms with Crippen LogP contribution in [0.5, 0.6) is 0 Å². The van der Waals surface area contributed by atoms with Crippen molar-refractivity contribution in [1.82, 2.24) is 14.9 Å². The van der Waals surface area contributed by atoms with Crippen LogP contribution in [0.2, 0.25) is 0 Å². The molecule has 0 aromatic carbocycles. The van der Waals surface area contributed by atoms with Crippen molar-refractivity contribution in [2.45, 2.75) is 33.2 Å². The third-order valence-electron chi connectivity index (χ3n) is 3.36. The van der Waals surface area contributed by atoms with Crippen LogP contribution in [0.1, 0.15) is 39.8 Å². The highest BCUT2D eigenvalue weighted by atomic mass is 32.1. The molecule has 0 saturated heterocycles. The first-order chi connectivity index (χ1) is 9.70. The molecule has 1 N–H and O–H groups in total. The average Bonchev–Trinajstić information content (AvgIpc) is 2.73. The molecular weight excluding hydrogens is 286 g/mol. The summed E-state index contributed by atoms with van der Waals surface area (Å²) in [5.74, 6) is -0.275. The molecule has 2 rings (SSSR count). The molecule has 0 aliphatic heterocycles. The molecule has 0 aliphatic rings. The summed E-state index contributed by atoms with van der Waals surface area (Å²) >= 11 is 1.57. The van der Waals surface area contributed by atoms with Gasteiger partial charge in [0.25, 0.3) is 11.5 Å². The van der Waals surface area contributed by atoms with Gasteiger partial charge in [-0.2, -0.15) is 0 Å². The van der Waals surface area contributed by atoms with Gasteiger partial charge in [0.1, 0.15) is 5.01 Å². The maximum absolute atomic E-state index is 12.3. The van der Waals surface area contributed by atoms with Crippen molar-refractivity contribution >= 4 is 17.2 Å². The minimum Gasteiger partial charge on any atom is -0.341 e. The zero-order valence-corrected chi connectivity index (χ0v) is 13.7. The number of amides is 1. The summed E-state index contributed by atoms with van der Waals surface area (Å²) in [4.78, 5) is 29.5. The van der Waals surface area contributed by atoms with Gasteiger partial charge in [0.05, 0.1) is 11.2 Å². The van der Waals surface area contributed by atoms with Crippen LogP contribution in [-0.2, 0) is 12.6 Å². The monoisotopic (exact) mass is 305 g/mol. The summed E-state index contributed by atoms with van der Waals surface area (Å²) in [7, 11) is 1.65. The summed E-state index contributed by atoms with van der Waals surface area (Å²) in [5, 5.41) is 3.79. The average molecular weight is 305 g/mol. The first kappa shape index (κ1) is 15.4. The second kappa shape index (κ2) is 5.44. The number of nitrogens with zero attached hydrogens (tertiary/aromatic N) is 2. The van der Waals surface area contributed by atoms with Gasteiger partial charge in [-0.05, 0) is 33.8 Å². The predicted molar refractivity (Wildman–Crippen MR) is 83.8 cm³/mol. The second-order valence-electron chi connectivity index (χ2n) is 5.60. The summed E-state index contributed by atoms with van der Waals surface area (Å²) in [5.41, 5.74) is 0.547. The summed E-state index contributed by atoms with van der Waals surface area (Å²) in [6.45, 7) is 7.77. The lowest BCUT2D eigenvalue weighted by Gasteiger charge is -2.23. The normalized spacial score (nSPS) is 11.5. The molecular formula is C15H19N3O2S. The number of rotatable bonds is 3. The number of aromatic nitrogens is 2. The molecule has 21 heavy (non-hydrogen) atoms. The number of aryl methyl sites for hydroxylation is 3. The quantitative estimate of drug-likeness (QED) is 0.944. The molecule has 2 aromatic rings. The smallest absolute Gasteiger partial charge is 0.252 e. The van der Waals surface area contributed by atoms with Gasteiger partial charge in [-0.25, -0.2) is 4.98 Å². The lowest BCUT2D eigenvalue weighted by molar-refractivity contribution is 0.0911. The molecule has 6 heteroatoms. The van der Waals surface area contributed by atoms with Crippen LogP contribution in [0.25, 0.3) is 0 Å². The Bertz CT molecular complexity index is 724. The van der Waals surface area contributed by atoms with Gasteiger partial charge >= 0.3 is 0 Å². The molecule has 2 aromatic heterocycles. The topological polar surface area (TPSA) is 64.0 Å². The van der Waals surface area contributed by atoms with E-state index < -0.39 is 5.54 Å². The van der Waals surface area contributed by atoms with Gasteiger partial charge in [-0.15, -0.1) is 11.3 Å². The van der Waals surface area contributed by atoms with Crippen LogP contribution < -0.4 is 10.9 Å². The van der Waals surface area contributed by atoms with Crippen molar-refractivity contribution in [2.75, 3.05) is 0 Å². The fraction of sp³-hybridized carbons (Fsp3) is 0.400. The van der Waals surface area contributed by atoms with Gasteiger partial charge in [-0.3, -0.25) is 9.59 Å². The largest absolute Gasteiger partial charge is 0.341 e. The minimum absolute atomic E-state index is 0.207. The number of carbonyl (C=O) groups excluding carboxylic acids is 1. The minimum atomic E-state index is -0.582. The van der Waals surface area contributed by atoms with Gasteiger partial charge in [-0.1, -0.05) is 0 Å². The van der Waals surface area contributed by atoms with Gasteiger partial charge in [0.15, 0.2) is 0 Å². The molecule has 0 spiro atoms. The number of thiazole rings is 1. The number of hydrogen-bond donors (Lipinski definition) is 1. The Kier molecular flexibility index (Phi) is 4.00. The number of pyridine rings is 1. The third kappa shape index (κ3) is 3.21. The van der Waals surface area contributed by atoms with Gasteiger partial charge < -0.3 is 9.88 Å². The standard InChI is InChI=1S/C15H19N3O2S/c1-9-10(2)21-14(16-9)15(3,4)17-13(20)11-6-7-18(5)12(19)8-11/h6-8H,1-5H3,(H,17,20). The van der Waals surface area contributed by atoms with Crippen molar-refractivity contribution in [3.63, 3.8) is 0 Å². The summed E-state index contributed by atoms with van der Waals surface area (Å²) in [6.07, 6.45) is 1.59. The molecule has 1 amide bonds. The van der Waals surface area contributed by atoms with Crippen LogP contribution in [0.3, 0.4) is 0 Å². The fourth-order valence-corrected chi connectivity index (χ4v) is 2.81. The number of nitrogens with one attached hydrogen (secondary N) is 1. The highest BCUT2D eigenvalue weighted by Crippen LogP contribution is 2.27. The highest BCUT2D eigenvalue weighted by molar-refractivity contribution is 7.11. The first-order valence-corrected chi connectivity index (χ1v) is 7.46. The summed E-state index contributed by atoms with van der Waals surface area (Å²) < 4.78 is 1.43. The number of carbonyl (C=O) groups is 1. The molecule has 112 valence electrons. The maximum Gasteiger partial charge on any atom is 0.252 e. The van der Waals surface area contributed by atoms with E-state index in [-0.39, 0.29) is 11.5 Å². The zero-order chi connectivity index (χ0) is 15.8. The molecule has 0 fully saturated rings. The van der Waals surface area contributed by atoms with E-state index in [2.05, 4.69) is 10.3 Å². The van der Waals surface area contributed by atoms with E-state index in [1.54, 1.807) is 30.6 Å². The summed E-state index contributed by atoms with van der Waals surface area (Å²) in [6, 6.07) is 2.97. The van der Waals surface area contributed by atoms with Gasteiger partial charge in [0, 0.05) is 29.8 Å². The molecule has 0 bridgehead atoms. The lowest BCUT2D eigenvalue weighted by atomic mass is 10.1. The fourth-order valence-electron chi connectivity index (χ4n) is 1.84. The Morgan fingerprint density at radius 3 is 2.57 bits per heavy atom. The van der Waals surface area contributed by atoms with Crippen molar-refractivity contribution in [2.24, 2.45) is 7.05 Å². The van der Waals surface area contributed by atoms with Crippen LogP contribution in [0.15, 0.2) is 23.1 Å². The molecule has 0 radical (unpaired) electrons. The van der Waals surface area contributed by atoms with E-state index in [1.165, 1.54) is 10.6 Å². The molecule has 0 aliphatic carbocycles. The van der Waals surface area contributed by atoms with Crippen molar-refractivity contribution in [3.8, 4) is 0 Å². The Morgan fingerprint density at radius 2 is 2.05 bits per heavy atom. The van der Waals surface area contributed by atoms with Crippen molar-refractivity contribution in [3.05, 3.63) is 49.8 Å². The second-order valence-corrected chi connectivity index (χ2v) is 6.81. The van der Waals surface area contributed by atoms with E-state index in [0.29, 0.717) is 5.56 Å². The molecule has 2 heterocycles. The molecule has 0 unspecified atom stereocenters. The van der Waals surface area contributed by atoms with Crippen LogP contribution in [-0.4, -0.2) is 15.5 Å². The SMILES string of the molecule is Cc1nc(C(C)(C)NC(=O)c2ccn(C)c(=O)c2)sc1C. The van der Waals surface area contributed by atoms with E-state index in [9.17, 15) is 9.59 Å². The predicted octanol–water partition coefficient (Wildman–Crippen LogP) is 2.12. The van der Waals surface area contributed by atoms with Crippen molar-refractivity contribution < 1.29 is 4.79 Å². The van der Waals surface area contributed by atoms with E-state index in [0.717, 1.165) is 15.6 Å². The van der Waals surface area contributed by atoms with Crippen LogP contribution >= 0.6 is 11.3 Å².